The first kappa shape index (κ1) is 19.2. The first-order chi connectivity index (χ1) is 12.5. The van der Waals surface area contributed by atoms with Gasteiger partial charge in [0.25, 0.3) is 0 Å². The van der Waals surface area contributed by atoms with Crippen LogP contribution in [0, 0.1) is 9.39 Å². The lowest BCUT2D eigenvalue weighted by Gasteiger charge is -2.14. The first-order valence-electron chi connectivity index (χ1n) is 7.80. The third kappa shape index (κ3) is 4.06. The van der Waals surface area contributed by atoms with E-state index >= 15 is 0 Å². The van der Waals surface area contributed by atoms with E-state index in [2.05, 4.69) is 4.98 Å². The van der Waals surface area contributed by atoms with Gasteiger partial charge in [0, 0.05) is 21.2 Å². The molecule has 0 radical (unpaired) electrons. The minimum Gasteiger partial charge on any atom is -0.394 e. The summed E-state index contributed by atoms with van der Waals surface area (Å²) in [7, 11) is 0. The van der Waals surface area contributed by atoms with Gasteiger partial charge < -0.3 is 14.2 Å². The van der Waals surface area contributed by atoms with Gasteiger partial charge in [0.15, 0.2) is 5.78 Å². The van der Waals surface area contributed by atoms with Gasteiger partial charge in [-0.25, -0.2) is 9.37 Å². The van der Waals surface area contributed by atoms with Crippen molar-refractivity contribution in [2.45, 2.75) is 6.42 Å². The number of Topliss-reactive ketones (excluding diaryl/α,β-unsaturated/α-hetero) is 1. The van der Waals surface area contributed by atoms with Crippen LogP contribution in [0.25, 0.3) is 5.52 Å². The van der Waals surface area contributed by atoms with Crippen molar-refractivity contribution in [3.05, 3.63) is 68.0 Å². The Labute approximate surface area is 167 Å². The van der Waals surface area contributed by atoms with Crippen LogP contribution in [0.5, 0.6) is 0 Å². The van der Waals surface area contributed by atoms with Crippen LogP contribution < -0.4 is 0 Å². The van der Waals surface area contributed by atoms with Gasteiger partial charge in [-0.3, -0.25) is 4.79 Å². The largest absolute Gasteiger partial charge is 0.394 e. The lowest BCUT2D eigenvalue weighted by Crippen LogP contribution is -2.16. The van der Waals surface area contributed by atoms with Gasteiger partial charge in [-0.15, -0.1) is 0 Å². The number of aliphatic hydroxyl groups is 1. The number of aromatic nitrogens is 2. The van der Waals surface area contributed by atoms with E-state index in [1.807, 2.05) is 28.7 Å². The monoisotopic (exact) mass is 488 g/mol. The van der Waals surface area contributed by atoms with Crippen LogP contribution in [0.3, 0.4) is 0 Å². The molecule has 136 valence electrons. The van der Waals surface area contributed by atoms with Crippen LogP contribution in [0.1, 0.15) is 21.6 Å². The van der Waals surface area contributed by atoms with Gasteiger partial charge >= 0.3 is 0 Å². The number of fused-ring (bicyclic) bond motifs is 1. The lowest BCUT2D eigenvalue weighted by atomic mass is 10.0. The number of ketones is 1. The normalized spacial score (nSPS) is 11.2. The molecule has 1 aromatic carbocycles. The zero-order valence-electron chi connectivity index (χ0n) is 13.6. The number of halogens is 3. The summed E-state index contributed by atoms with van der Waals surface area (Å²) >= 11 is 8.31. The summed E-state index contributed by atoms with van der Waals surface area (Å²) < 4.78 is 22.0. The number of carbonyl (C=O) groups is 1. The molecule has 5 nitrogen and oxygen atoms in total. The number of pyridine rings is 1. The average molecular weight is 489 g/mol. The number of ether oxygens (including phenoxy) is 1. The number of hydrogen-bond acceptors (Lipinski definition) is 4. The predicted molar refractivity (Wildman–Crippen MR) is 104 cm³/mol. The molecule has 2 aromatic heterocycles. The molecular weight excluding hydrogens is 474 g/mol. The molecule has 26 heavy (non-hydrogen) atoms. The Bertz CT molecular complexity index is 961. The zero-order chi connectivity index (χ0) is 18.7. The van der Waals surface area contributed by atoms with Crippen molar-refractivity contribution in [1.29, 1.82) is 0 Å². The first-order valence-corrected chi connectivity index (χ1v) is 9.26. The van der Waals surface area contributed by atoms with E-state index in [4.69, 9.17) is 21.4 Å². The van der Waals surface area contributed by atoms with E-state index < -0.39 is 0 Å². The van der Waals surface area contributed by atoms with Crippen LogP contribution in [0.15, 0.2) is 36.8 Å². The third-order valence-corrected chi connectivity index (χ3v) is 4.87. The van der Waals surface area contributed by atoms with Gasteiger partial charge in [-0.1, -0.05) is 17.7 Å². The SMILES string of the molecule is O=C(COCCO)c1cc(Cl)c2cncn2c1Cc1ccc(I)cc1F. The highest BCUT2D eigenvalue weighted by Crippen LogP contribution is 2.26. The molecule has 8 heteroatoms. The highest BCUT2D eigenvalue weighted by atomic mass is 127. The Morgan fingerprint density at radius 1 is 1.38 bits per heavy atom. The Morgan fingerprint density at radius 2 is 2.19 bits per heavy atom. The second-order valence-corrected chi connectivity index (χ2v) is 7.27. The van der Waals surface area contributed by atoms with Crippen molar-refractivity contribution in [2.75, 3.05) is 19.8 Å². The fraction of sp³-hybridized carbons (Fsp3) is 0.222. The van der Waals surface area contributed by atoms with Crippen molar-refractivity contribution in [2.24, 2.45) is 0 Å². The van der Waals surface area contributed by atoms with Crippen LogP contribution in [0.2, 0.25) is 5.02 Å². The smallest absolute Gasteiger partial charge is 0.190 e. The van der Waals surface area contributed by atoms with E-state index in [1.165, 1.54) is 6.07 Å². The number of aliphatic hydroxyl groups excluding tert-OH is 1. The van der Waals surface area contributed by atoms with E-state index in [9.17, 15) is 9.18 Å². The van der Waals surface area contributed by atoms with Crippen molar-refractivity contribution < 1.29 is 19.0 Å². The average Bonchev–Trinajstić information content (AvgIpc) is 3.09. The molecule has 0 atom stereocenters. The molecule has 2 heterocycles. The second-order valence-electron chi connectivity index (χ2n) is 5.61. The van der Waals surface area contributed by atoms with Gasteiger partial charge in [-0.05, 0) is 46.4 Å². The van der Waals surface area contributed by atoms with Crippen molar-refractivity contribution in [3.8, 4) is 0 Å². The molecule has 0 saturated carbocycles. The van der Waals surface area contributed by atoms with Gasteiger partial charge in [0.2, 0.25) is 0 Å². The molecule has 0 spiro atoms. The van der Waals surface area contributed by atoms with E-state index in [0.717, 1.165) is 3.57 Å². The molecule has 0 amide bonds. The molecule has 0 unspecified atom stereocenters. The number of imidazole rings is 1. The van der Waals surface area contributed by atoms with Crippen molar-refractivity contribution >= 4 is 45.5 Å². The maximum atomic E-state index is 14.3. The molecule has 0 aliphatic carbocycles. The summed E-state index contributed by atoms with van der Waals surface area (Å²) in [5.41, 5.74) is 2.03. The molecule has 0 bridgehead atoms. The Morgan fingerprint density at radius 3 is 2.92 bits per heavy atom. The maximum Gasteiger partial charge on any atom is 0.190 e. The molecule has 3 rings (SSSR count). The quantitative estimate of drug-likeness (QED) is 0.314. The number of hydrogen-bond donors (Lipinski definition) is 1. The minimum absolute atomic E-state index is 0.0634. The van der Waals surface area contributed by atoms with Gasteiger partial charge in [0.1, 0.15) is 12.4 Å². The summed E-state index contributed by atoms with van der Waals surface area (Å²) in [4.78, 5) is 16.7. The van der Waals surface area contributed by atoms with E-state index in [1.54, 1.807) is 29.1 Å². The Balaban J connectivity index is 2.06. The van der Waals surface area contributed by atoms with Gasteiger partial charge in [-0.2, -0.15) is 0 Å². The summed E-state index contributed by atoms with van der Waals surface area (Å²) in [6.45, 7) is -0.303. The van der Waals surface area contributed by atoms with Gasteiger partial charge in [0.05, 0.1) is 36.3 Å². The highest BCUT2D eigenvalue weighted by Gasteiger charge is 2.19. The van der Waals surface area contributed by atoms with Crippen LogP contribution in [-0.2, 0) is 11.2 Å². The summed E-state index contributed by atoms with van der Waals surface area (Å²) in [5.74, 6) is -0.632. The molecule has 0 aliphatic rings. The molecule has 0 saturated heterocycles. The number of carbonyl (C=O) groups excluding carboxylic acids is 1. The Hall–Kier alpha value is -1.55. The molecule has 3 aromatic rings. The summed E-state index contributed by atoms with van der Waals surface area (Å²) in [6.07, 6.45) is 3.34. The predicted octanol–water partition coefficient (Wildman–Crippen LogP) is 3.51. The fourth-order valence-electron chi connectivity index (χ4n) is 2.68. The number of rotatable bonds is 7. The van der Waals surface area contributed by atoms with Crippen molar-refractivity contribution in [1.82, 2.24) is 9.38 Å². The summed E-state index contributed by atoms with van der Waals surface area (Å²) in [6, 6.07) is 6.52. The van der Waals surface area contributed by atoms with Crippen LogP contribution >= 0.6 is 34.2 Å². The number of nitrogens with zero attached hydrogens (tertiary/aromatic N) is 2. The van der Waals surface area contributed by atoms with Crippen LogP contribution in [-0.4, -0.2) is 40.1 Å². The highest BCUT2D eigenvalue weighted by molar-refractivity contribution is 14.1. The zero-order valence-corrected chi connectivity index (χ0v) is 16.5. The standard InChI is InChI=1S/C18H15ClFIN2O3/c19-14-7-13(18(25)9-26-4-3-24)16(23-10-22-8-17(14)23)5-11-1-2-12(21)6-15(11)20/h1-2,6-8,10,24H,3-5,9H2. The lowest BCUT2D eigenvalue weighted by molar-refractivity contribution is 0.0662. The molecule has 0 aliphatic heterocycles. The number of benzene rings is 1. The Kier molecular flexibility index (Phi) is 6.23. The molecular formula is C18H15ClFIN2O3. The fourth-order valence-corrected chi connectivity index (χ4v) is 3.38. The van der Waals surface area contributed by atoms with Crippen molar-refractivity contribution in [3.63, 3.8) is 0 Å². The summed E-state index contributed by atoms with van der Waals surface area (Å²) in [5, 5.41) is 9.17. The second kappa shape index (κ2) is 8.43. The molecule has 0 fully saturated rings. The molecule has 1 N–H and O–H groups in total. The maximum absolute atomic E-state index is 14.3. The van der Waals surface area contributed by atoms with Crippen LogP contribution in [0.4, 0.5) is 4.39 Å². The van der Waals surface area contributed by atoms with E-state index in [0.29, 0.717) is 27.4 Å². The third-order valence-electron chi connectivity index (χ3n) is 3.90. The topological polar surface area (TPSA) is 63.8 Å². The minimum atomic E-state index is -0.338. The van der Waals surface area contributed by atoms with E-state index in [-0.39, 0.29) is 37.8 Å².